The van der Waals surface area contributed by atoms with Crippen molar-refractivity contribution >= 4 is 5.91 Å². The third-order valence-electron chi connectivity index (χ3n) is 3.71. The Morgan fingerprint density at radius 2 is 2.16 bits per heavy atom. The summed E-state index contributed by atoms with van der Waals surface area (Å²) in [6, 6.07) is 8.42. The molecule has 104 valence electrons. The van der Waals surface area contributed by atoms with Crippen molar-refractivity contribution in [1.82, 2.24) is 4.90 Å². The Kier molecular flexibility index (Phi) is 4.59. The Hall–Kier alpha value is -1.35. The molecule has 1 aliphatic rings. The number of ether oxygens (including phenoxy) is 1. The lowest BCUT2D eigenvalue weighted by Crippen LogP contribution is -2.42. The first-order chi connectivity index (χ1) is 9.09. The summed E-state index contributed by atoms with van der Waals surface area (Å²) in [6.45, 7) is 7.59. The molecule has 3 heteroatoms. The summed E-state index contributed by atoms with van der Waals surface area (Å²) in [7, 11) is 0. The molecule has 0 radical (unpaired) electrons. The Bertz CT molecular complexity index is 436. The summed E-state index contributed by atoms with van der Waals surface area (Å²) in [5, 5.41) is 0. The van der Waals surface area contributed by atoms with Gasteiger partial charge in [-0.25, -0.2) is 0 Å². The topological polar surface area (TPSA) is 29.5 Å². The zero-order valence-electron chi connectivity index (χ0n) is 12.1. The summed E-state index contributed by atoms with van der Waals surface area (Å²) in [4.78, 5) is 14.4. The molecule has 19 heavy (non-hydrogen) atoms. The quantitative estimate of drug-likeness (QED) is 0.834. The summed E-state index contributed by atoms with van der Waals surface area (Å²) in [5.74, 6) is 0.135. The fourth-order valence-electron chi connectivity index (χ4n) is 2.44. The smallest absolute Gasteiger partial charge is 0.252 e. The van der Waals surface area contributed by atoms with E-state index in [1.54, 1.807) is 0 Å². The van der Waals surface area contributed by atoms with Gasteiger partial charge in [0.15, 0.2) is 0 Å². The van der Waals surface area contributed by atoms with Crippen molar-refractivity contribution in [2.24, 2.45) is 0 Å². The molecular formula is C16H23NO2. The predicted molar refractivity (Wildman–Crippen MR) is 75.8 cm³/mol. The predicted octanol–water partition coefficient (Wildman–Crippen LogP) is 2.91. The van der Waals surface area contributed by atoms with Crippen LogP contribution in [0.15, 0.2) is 24.3 Å². The van der Waals surface area contributed by atoms with Crippen LogP contribution in [0, 0.1) is 6.92 Å². The van der Waals surface area contributed by atoms with Crippen LogP contribution in [0.5, 0.6) is 0 Å². The Balaban J connectivity index is 2.12. The van der Waals surface area contributed by atoms with Crippen LogP contribution >= 0.6 is 0 Å². The van der Waals surface area contributed by atoms with Crippen molar-refractivity contribution in [2.75, 3.05) is 6.61 Å². The second-order valence-corrected chi connectivity index (χ2v) is 5.49. The highest BCUT2D eigenvalue weighted by Gasteiger charge is 2.29. The molecule has 1 aromatic carbocycles. The molecule has 2 rings (SSSR count). The summed E-state index contributed by atoms with van der Waals surface area (Å²) >= 11 is 0. The Labute approximate surface area is 115 Å². The van der Waals surface area contributed by atoms with Gasteiger partial charge in [-0.2, -0.15) is 0 Å². The lowest BCUT2D eigenvalue weighted by atomic mass is 10.1. The Morgan fingerprint density at radius 3 is 2.74 bits per heavy atom. The lowest BCUT2D eigenvalue weighted by Gasteiger charge is -2.29. The van der Waals surface area contributed by atoms with Crippen LogP contribution in [0.3, 0.4) is 0 Å². The van der Waals surface area contributed by atoms with Crippen molar-refractivity contribution in [3.63, 3.8) is 0 Å². The zero-order valence-corrected chi connectivity index (χ0v) is 12.1. The molecule has 0 N–H and O–H groups in total. The number of carbonyl (C=O) groups excluding carboxylic acids is 1. The highest BCUT2D eigenvalue weighted by molar-refractivity contribution is 5.81. The summed E-state index contributed by atoms with van der Waals surface area (Å²) in [5.41, 5.74) is 2.44. The number of hydrogen-bond donors (Lipinski definition) is 0. The number of rotatable bonds is 4. The minimum atomic E-state index is -0.230. The average Bonchev–Trinajstić information content (AvgIpc) is 2.90. The van der Waals surface area contributed by atoms with Gasteiger partial charge in [-0.3, -0.25) is 4.79 Å². The largest absolute Gasteiger partial charge is 0.368 e. The van der Waals surface area contributed by atoms with Crippen LogP contribution in [0.1, 0.15) is 37.8 Å². The van der Waals surface area contributed by atoms with E-state index >= 15 is 0 Å². The van der Waals surface area contributed by atoms with Crippen molar-refractivity contribution in [3.05, 3.63) is 35.4 Å². The molecule has 1 unspecified atom stereocenters. The maximum absolute atomic E-state index is 12.5. The van der Waals surface area contributed by atoms with E-state index in [1.165, 1.54) is 11.1 Å². The molecule has 0 aromatic heterocycles. The van der Waals surface area contributed by atoms with Crippen LogP contribution in [-0.2, 0) is 16.1 Å². The number of benzene rings is 1. The van der Waals surface area contributed by atoms with Crippen LogP contribution in [0.4, 0.5) is 0 Å². The van der Waals surface area contributed by atoms with E-state index in [2.05, 4.69) is 32.9 Å². The third-order valence-corrected chi connectivity index (χ3v) is 3.71. The first kappa shape index (κ1) is 14.1. The number of nitrogens with zero attached hydrogens (tertiary/aromatic N) is 1. The molecule has 0 bridgehead atoms. The second kappa shape index (κ2) is 6.20. The van der Waals surface area contributed by atoms with Gasteiger partial charge < -0.3 is 9.64 Å². The first-order valence-electron chi connectivity index (χ1n) is 7.06. The Morgan fingerprint density at radius 1 is 1.42 bits per heavy atom. The van der Waals surface area contributed by atoms with E-state index in [1.807, 2.05) is 17.0 Å². The second-order valence-electron chi connectivity index (χ2n) is 5.49. The van der Waals surface area contributed by atoms with E-state index < -0.39 is 0 Å². The van der Waals surface area contributed by atoms with Gasteiger partial charge in [0.25, 0.3) is 5.91 Å². The highest BCUT2D eigenvalue weighted by atomic mass is 16.5. The molecule has 3 nitrogen and oxygen atoms in total. The van der Waals surface area contributed by atoms with Gasteiger partial charge in [-0.1, -0.05) is 24.3 Å². The van der Waals surface area contributed by atoms with E-state index in [-0.39, 0.29) is 18.1 Å². The van der Waals surface area contributed by atoms with Crippen molar-refractivity contribution in [3.8, 4) is 0 Å². The van der Waals surface area contributed by atoms with E-state index in [4.69, 9.17) is 4.74 Å². The molecular weight excluding hydrogens is 238 g/mol. The van der Waals surface area contributed by atoms with Gasteiger partial charge in [-0.15, -0.1) is 0 Å². The maximum Gasteiger partial charge on any atom is 0.252 e. The number of carbonyl (C=O) groups is 1. The summed E-state index contributed by atoms with van der Waals surface area (Å²) in [6.07, 6.45) is 1.62. The molecule has 0 aliphatic carbocycles. The molecule has 1 aliphatic heterocycles. The zero-order chi connectivity index (χ0) is 13.8. The SMILES string of the molecule is Cc1ccccc1CN(C(=O)C1CCCO1)C(C)C. The standard InChI is InChI=1S/C16H23NO2/c1-12(2)17(16(18)15-9-6-10-19-15)11-14-8-5-4-7-13(14)3/h4-5,7-8,12,15H,6,9-11H2,1-3H3. The molecule has 1 heterocycles. The minimum Gasteiger partial charge on any atom is -0.368 e. The van der Waals surface area contributed by atoms with Crippen LogP contribution in [0.25, 0.3) is 0 Å². The van der Waals surface area contributed by atoms with Gasteiger partial charge in [0.1, 0.15) is 6.10 Å². The third kappa shape index (κ3) is 3.35. The van der Waals surface area contributed by atoms with Crippen molar-refractivity contribution in [1.29, 1.82) is 0 Å². The molecule has 1 saturated heterocycles. The van der Waals surface area contributed by atoms with Gasteiger partial charge in [0.2, 0.25) is 0 Å². The van der Waals surface area contributed by atoms with Gasteiger partial charge in [-0.05, 0) is 44.7 Å². The number of aryl methyl sites for hydroxylation is 1. The molecule has 1 fully saturated rings. The normalized spacial score (nSPS) is 18.8. The maximum atomic E-state index is 12.5. The minimum absolute atomic E-state index is 0.135. The number of hydrogen-bond acceptors (Lipinski definition) is 2. The fraction of sp³-hybridized carbons (Fsp3) is 0.562. The monoisotopic (exact) mass is 261 g/mol. The highest BCUT2D eigenvalue weighted by Crippen LogP contribution is 2.19. The first-order valence-corrected chi connectivity index (χ1v) is 7.06. The lowest BCUT2D eigenvalue weighted by molar-refractivity contribution is -0.143. The summed E-state index contributed by atoms with van der Waals surface area (Å²) < 4.78 is 5.52. The van der Waals surface area contributed by atoms with Crippen LogP contribution < -0.4 is 0 Å². The molecule has 1 amide bonds. The molecule has 1 aromatic rings. The molecule has 0 spiro atoms. The molecule has 0 saturated carbocycles. The van der Waals surface area contributed by atoms with E-state index in [0.29, 0.717) is 13.2 Å². The van der Waals surface area contributed by atoms with Crippen molar-refractivity contribution < 1.29 is 9.53 Å². The van der Waals surface area contributed by atoms with E-state index in [9.17, 15) is 4.79 Å². The van der Waals surface area contributed by atoms with Gasteiger partial charge in [0.05, 0.1) is 0 Å². The van der Waals surface area contributed by atoms with Crippen molar-refractivity contribution in [2.45, 2.75) is 52.3 Å². The average molecular weight is 261 g/mol. The van der Waals surface area contributed by atoms with Gasteiger partial charge in [0, 0.05) is 19.2 Å². The van der Waals surface area contributed by atoms with Crippen LogP contribution in [0.2, 0.25) is 0 Å². The molecule has 1 atom stereocenters. The number of amides is 1. The van der Waals surface area contributed by atoms with Crippen LogP contribution in [-0.4, -0.2) is 29.6 Å². The fourth-order valence-corrected chi connectivity index (χ4v) is 2.44. The van der Waals surface area contributed by atoms with E-state index in [0.717, 1.165) is 12.8 Å². The van der Waals surface area contributed by atoms with Gasteiger partial charge >= 0.3 is 0 Å².